The van der Waals surface area contributed by atoms with Crippen LogP contribution in [0.15, 0.2) is 24.3 Å². The van der Waals surface area contributed by atoms with E-state index < -0.39 is 17.7 Å². The number of aliphatic hydroxyl groups is 1. The van der Waals surface area contributed by atoms with E-state index >= 15 is 0 Å². The quantitative estimate of drug-likeness (QED) is 0.505. The van der Waals surface area contributed by atoms with Gasteiger partial charge in [-0.2, -0.15) is 13.2 Å². The summed E-state index contributed by atoms with van der Waals surface area (Å²) in [6.07, 6.45) is -4.99. The minimum Gasteiger partial charge on any atom is -0.507 e. The summed E-state index contributed by atoms with van der Waals surface area (Å²) in [4.78, 5) is 13.7. The van der Waals surface area contributed by atoms with E-state index in [1.165, 1.54) is 12.1 Å². The molecular weight excluding hydrogens is 271 g/mol. The highest BCUT2D eigenvalue weighted by Crippen LogP contribution is 2.28. The van der Waals surface area contributed by atoms with Gasteiger partial charge in [-0.25, -0.2) is 4.85 Å². The average Bonchev–Trinajstić information content (AvgIpc) is 2.27. The van der Waals surface area contributed by atoms with Crippen LogP contribution in [0.5, 0.6) is 0 Å². The maximum Gasteiger partial charge on any atom is 0.454 e. The molecule has 0 fully saturated rings. The molecule has 0 saturated carbocycles. The van der Waals surface area contributed by atoms with E-state index in [1.807, 2.05) is 0 Å². The monoisotopic (exact) mass is 275 g/mol. The summed E-state index contributed by atoms with van der Waals surface area (Å²) in [5, 5.41) is 9.32. The van der Waals surface area contributed by atoms with E-state index in [0.29, 0.717) is 0 Å². The first-order chi connectivity index (χ1) is 8.25. The average molecular weight is 276 g/mol. The number of hydrogen-bond acceptors (Lipinski definition) is 2. The zero-order chi connectivity index (χ0) is 13.9. The van der Waals surface area contributed by atoms with Gasteiger partial charge in [-0.3, -0.25) is 4.79 Å². The first kappa shape index (κ1) is 14.1. The molecule has 0 aliphatic carbocycles. The lowest BCUT2D eigenvalue weighted by Gasteiger charge is -2.04. The first-order valence-corrected chi connectivity index (χ1v) is 4.82. The number of aliphatic hydroxyl groups excluding tert-OH is 1. The summed E-state index contributed by atoms with van der Waals surface area (Å²) in [5.74, 6) is -3.04. The Kier molecular flexibility index (Phi) is 3.99. The van der Waals surface area contributed by atoms with Gasteiger partial charge in [0.25, 0.3) is 5.78 Å². The largest absolute Gasteiger partial charge is 0.507 e. The molecule has 0 radical (unpaired) electrons. The molecule has 94 valence electrons. The van der Waals surface area contributed by atoms with Crippen molar-refractivity contribution >= 4 is 28.8 Å². The van der Waals surface area contributed by atoms with E-state index in [-0.39, 0.29) is 22.3 Å². The van der Waals surface area contributed by atoms with Crippen molar-refractivity contribution in [3.63, 3.8) is 0 Å². The Hall–Kier alpha value is -2.00. The van der Waals surface area contributed by atoms with Gasteiger partial charge in [0.2, 0.25) is 5.69 Å². The predicted octanol–water partition coefficient (Wildman–Crippen LogP) is 3.92. The summed E-state index contributed by atoms with van der Waals surface area (Å²) in [5.41, 5.74) is 0.0142. The number of allylic oxidation sites excluding steroid dienone is 1. The third-order valence-electron chi connectivity index (χ3n) is 1.91. The number of halogens is 4. The lowest BCUT2D eigenvalue weighted by Crippen LogP contribution is -2.20. The topological polar surface area (TPSA) is 41.7 Å². The Morgan fingerprint density at radius 2 is 2.06 bits per heavy atom. The van der Waals surface area contributed by atoms with E-state index in [1.54, 1.807) is 0 Å². The molecule has 0 bridgehead atoms. The second kappa shape index (κ2) is 5.10. The van der Waals surface area contributed by atoms with Gasteiger partial charge in [-0.15, -0.1) is 0 Å². The van der Waals surface area contributed by atoms with E-state index in [4.69, 9.17) is 18.2 Å². The second-order valence-electron chi connectivity index (χ2n) is 3.17. The molecule has 0 atom stereocenters. The van der Waals surface area contributed by atoms with Crippen molar-refractivity contribution in [2.24, 2.45) is 0 Å². The summed E-state index contributed by atoms with van der Waals surface area (Å²) in [6, 6.07) is 3.52. The molecule has 1 aromatic carbocycles. The fourth-order valence-electron chi connectivity index (χ4n) is 1.05. The Morgan fingerprint density at radius 1 is 1.44 bits per heavy atom. The van der Waals surface area contributed by atoms with Crippen molar-refractivity contribution in [1.29, 1.82) is 0 Å². The van der Waals surface area contributed by atoms with Crippen LogP contribution in [0.2, 0.25) is 5.02 Å². The van der Waals surface area contributed by atoms with E-state index in [2.05, 4.69) is 4.85 Å². The molecule has 0 aliphatic rings. The van der Waals surface area contributed by atoms with Gasteiger partial charge in [0, 0.05) is 16.7 Å². The molecule has 1 rings (SSSR count). The molecule has 0 aliphatic heterocycles. The standard InChI is InChI=1S/C11H5ClF3NO2/c1-16-8-3-2-6(4-7(8)12)9(17)5-10(18)11(13,14)15/h2-5,17H/b9-5-. The summed E-state index contributed by atoms with van der Waals surface area (Å²) in [7, 11) is 0. The third-order valence-corrected chi connectivity index (χ3v) is 2.21. The van der Waals surface area contributed by atoms with E-state index in [9.17, 15) is 23.1 Å². The predicted molar refractivity (Wildman–Crippen MR) is 59.4 cm³/mol. The van der Waals surface area contributed by atoms with Gasteiger partial charge >= 0.3 is 6.18 Å². The van der Waals surface area contributed by atoms with Crippen molar-refractivity contribution < 1.29 is 23.1 Å². The number of benzene rings is 1. The van der Waals surface area contributed by atoms with Gasteiger partial charge in [-0.05, 0) is 6.07 Å². The van der Waals surface area contributed by atoms with E-state index in [0.717, 1.165) is 6.07 Å². The molecule has 0 heterocycles. The Labute approximate surface area is 105 Å². The molecule has 0 aromatic heterocycles. The molecule has 7 heteroatoms. The summed E-state index contributed by atoms with van der Waals surface area (Å²) in [6.45, 7) is 6.72. The summed E-state index contributed by atoms with van der Waals surface area (Å²) >= 11 is 5.64. The number of carbonyl (C=O) groups excluding carboxylic acids is 1. The Bertz CT molecular complexity index is 558. The highest BCUT2D eigenvalue weighted by molar-refractivity contribution is 6.33. The fraction of sp³-hybridized carbons (Fsp3) is 0.0909. The molecular formula is C11H5ClF3NO2. The van der Waals surface area contributed by atoms with Gasteiger partial charge in [0.05, 0.1) is 6.57 Å². The third kappa shape index (κ3) is 3.25. The maximum absolute atomic E-state index is 12.0. The second-order valence-corrected chi connectivity index (χ2v) is 3.58. The number of alkyl halides is 3. The molecule has 1 aromatic rings. The number of rotatable bonds is 2. The van der Waals surface area contributed by atoms with Crippen LogP contribution in [0.25, 0.3) is 10.6 Å². The van der Waals surface area contributed by atoms with Crippen molar-refractivity contribution in [1.82, 2.24) is 0 Å². The van der Waals surface area contributed by atoms with Gasteiger partial charge in [0.15, 0.2) is 0 Å². The Morgan fingerprint density at radius 3 is 2.50 bits per heavy atom. The minimum atomic E-state index is -5.05. The number of carbonyl (C=O) groups is 1. The van der Waals surface area contributed by atoms with Crippen LogP contribution in [-0.4, -0.2) is 17.1 Å². The SMILES string of the molecule is [C-]#[N+]c1ccc(/C(O)=C/C(=O)C(F)(F)F)cc1Cl. The lowest BCUT2D eigenvalue weighted by atomic mass is 10.1. The maximum atomic E-state index is 12.0. The molecule has 0 amide bonds. The van der Waals surface area contributed by atoms with Gasteiger partial charge in [-0.1, -0.05) is 23.7 Å². The Balaban J connectivity index is 3.09. The fourth-order valence-corrected chi connectivity index (χ4v) is 1.27. The van der Waals surface area contributed by atoms with Gasteiger partial charge < -0.3 is 5.11 Å². The van der Waals surface area contributed by atoms with Crippen LogP contribution >= 0.6 is 11.6 Å². The van der Waals surface area contributed by atoms with Crippen LogP contribution in [-0.2, 0) is 4.79 Å². The first-order valence-electron chi connectivity index (χ1n) is 4.45. The smallest absolute Gasteiger partial charge is 0.454 e. The number of nitrogens with zero attached hydrogens (tertiary/aromatic N) is 1. The zero-order valence-electron chi connectivity index (χ0n) is 8.62. The molecule has 0 spiro atoms. The highest BCUT2D eigenvalue weighted by atomic mass is 35.5. The zero-order valence-corrected chi connectivity index (χ0v) is 9.38. The van der Waals surface area contributed by atoms with Crippen LogP contribution in [0.4, 0.5) is 18.9 Å². The van der Waals surface area contributed by atoms with Crippen molar-refractivity contribution in [3.05, 3.63) is 46.3 Å². The molecule has 18 heavy (non-hydrogen) atoms. The molecule has 1 N–H and O–H groups in total. The molecule has 0 unspecified atom stereocenters. The van der Waals surface area contributed by atoms with Crippen molar-refractivity contribution in [2.45, 2.75) is 6.18 Å². The summed E-state index contributed by atoms with van der Waals surface area (Å²) < 4.78 is 35.9. The van der Waals surface area contributed by atoms with Crippen LogP contribution in [0.3, 0.4) is 0 Å². The number of hydrogen-bond donors (Lipinski definition) is 1. The highest BCUT2D eigenvalue weighted by Gasteiger charge is 2.37. The minimum absolute atomic E-state index is 0.0260. The van der Waals surface area contributed by atoms with Crippen LogP contribution in [0.1, 0.15) is 5.56 Å². The molecule has 0 saturated heterocycles. The van der Waals surface area contributed by atoms with Crippen molar-refractivity contribution in [3.8, 4) is 0 Å². The lowest BCUT2D eigenvalue weighted by molar-refractivity contribution is -0.165. The normalized spacial score (nSPS) is 12.1. The number of ketones is 1. The van der Waals surface area contributed by atoms with Gasteiger partial charge in [0.1, 0.15) is 5.76 Å². The van der Waals surface area contributed by atoms with Crippen LogP contribution < -0.4 is 0 Å². The molecule has 3 nitrogen and oxygen atoms in total. The van der Waals surface area contributed by atoms with Crippen LogP contribution in [0, 0.1) is 6.57 Å². The van der Waals surface area contributed by atoms with Crippen molar-refractivity contribution in [2.75, 3.05) is 0 Å².